The molecule has 1 unspecified atom stereocenters. The molecule has 0 spiro atoms. The van der Waals surface area contributed by atoms with Gasteiger partial charge < -0.3 is 20.5 Å². The lowest BCUT2D eigenvalue weighted by Gasteiger charge is -2.22. The van der Waals surface area contributed by atoms with Crippen molar-refractivity contribution in [2.24, 2.45) is 11.7 Å². The Morgan fingerprint density at radius 3 is 2.86 bits per heavy atom. The number of carbonyl (C=O) groups is 1. The van der Waals surface area contributed by atoms with Gasteiger partial charge in [0.05, 0.1) is 6.61 Å². The summed E-state index contributed by atoms with van der Waals surface area (Å²) in [7, 11) is 0. The Hall–Kier alpha value is -1.59. The van der Waals surface area contributed by atoms with Crippen molar-refractivity contribution in [1.82, 2.24) is 0 Å². The maximum absolute atomic E-state index is 11.8. The number of hydrogen-bond donors (Lipinski definition) is 2. The normalized spacial score (nSPS) is 17.0. The molecule has 1 fully saturated rings. The van der Waals surface area contributed by atoms with Crippen LogP contribution in [0.25, 0.3) is 0 Å². The number of nitrogens with one attached hydrogen (secondary N) is 1. The van der Waals surface area contributed by atoms with E-state index in [1.165, 1.54) is 0 Å². The van der Waals surface area contributed by atoms with Crippen molar-refractivity contribution in [2.45, 2.75) is 39.2 Å². The van der Waals surface area contributed by atoms with Crippen LogP contribution < -0.4 is 15.8 Å². The quantitative estimate of drug-likeness (QED) is 0.847. The van der Waals surface area contributed by atoms with Crippen LogP contribution in [0.15, 0.2) is 18.2 Å². The molecule has 1 atom stereocenters. The number of ether oxygens (including phenoxy) is 2. The molecule has 0 saturated carbocycles. The minimum absolute atomic E-state index is 0.0748. The maximum Gasteiger partial charge on any atom is 0.225 e. The van der Waals surface area contributed by atoms with E-state index in [1.807, 2.05) is 32.0 Å². The van der Waals surface area contributed by atoms with Crippen molar-refractivity contribution in [2.75, 3.05) is 25.1 Å². The minimum atomic E-state index is -0.144. The number of anilines is 1. The van der Waals surface area contributed by atoms with Crippen LogP contribution in [-0.4, -0.2) is 31.8 Å². The van der Waals surface area contributed by atoms with Crippen molar-refractivity contribution in [3.8, 4) is 5.75 Å². The van der Waals surface area contributed by atoms with E-state index in [9.17, 15) is 4.79 Å². The molecule has 1 aliphatic rings. The van der Waals surface area contributed by atoms with Crippen LogP contribution in [0.4, 0.5) is 5.69 Å². The Bertz CT molecular complexity index is 497. The average molecular weight is 306 g/mol. The molecular formula is C17H26N2O3. The molecule has 0 aromatic heterocycles. The predicted octanol–water partition coefficient (Wildman–Crippen LogP) is 2.48. The maximum atomic E-state index is 11.8. The monoisotopic (exact) mass is 306 g/mol. The lowest BCUT2D eigenvalue weighted by molar-refractivity contribution is -0.116. The first-order valence-electron chi connectivity index (χ1n) is 7.91. The summed E-state index contributed by atoms with van der Waals surface area (Å²) in [6, 6.07) is 5.58. The fourth-order valence-electron chi connectivity index (χ4n) is 2.46. The average Bonchev–Trinajstić information content (AvgIpc) is 2.48. The van der Waals surface area contributed by atoms with E-state index in [2.05, 4.69) is 5.32 Å². The van der Waals surface area contributed by atoms with Crippen LogP contribution in [0.2, 0.25) is 0 Å². The van der Waals surface area contributed by atoms with Crippen LogP contribution >= 0.6 is 0 Å². The van der Waals surface area contributed by atoms with Gasteiger partial charge in [0, 0.05) is 37.4 Å². The van der Waals surface area contributed by atoms with Crippen molar-refractivity contribution in [3.63, 3.8) is 0 Å². The zero-order chi connectivity index (χ0) is 15.9. The first-order valence-corrected chi connectivity index (χ1v) is 7.91. The summed E-state index contributed by atoms with van der Waals surface area (Å²) in [5, 5.41) is 2.86. The standard InChI is InChI=1S/C17H26N2O3/c1-12-3-4-15(19-17(20)9-13(2)18)10-16(12)22-11-14-5-7-21-8-6-14/h3-4,10,13-14H,5-9,11,18H2,1-2H3,(H,19,20). The largest absolute Gasteiger partial charge is 0.493 e. The second-order valence-corrected chi connectivity index (χ2v) is 6.08. The van der Waals surface area contributed by atoms with E-state index >= 15 is 0 Å². The van der Waals surface area contributed by atoms with Crippen LogP contribution in [0.1, 0.15) is 31.7 Å². The highest BCUT2D eigenvalue weighted by Crippen LogP contribution is 2.25. The highest BCUT2D eigenvalue weighted by molar-refractivity contribution is 5.91. The Morgan fingerprint density at radius 1 is 1.45 bits per heavy atom. The summed E-state index contributed by atoms with van der Waals surface area (Å²) in [6.45, 7) is 6.16. The molecule has 5 heteroatoms. The van der Waals surface area contributed by atoms with Crippen LogP contribution in [0.5, 0.6) is 5.75 Å². The summed E-state index contributed by atoms with van der Waals surface area (Å²) >= 11 is 0. The predicted molar refractivity (Wildman–Crippen MR) is 87.1 cm³/mol. The fraction of sp³-hybridized carbons (Fsp3) is 0.588. The Kier molecular flexibility index (Phi) is 6.21. The molecule has 1 heterocycles. The number of hydrogen-bond acceptors (Lipinski definition) is 4. The van der Waals surface area contributed by atoms with Gasteiger partial charge in [0.1, 0.15) is 5.75 Å². The van der Waals surface area contributed by atoms with Gasteiger partial charge in [-0.1, -0.05) is 6.07 Å². The second kappa shape index (κ2) is 8.15. The smallest absolute Gasteiger partial charge is 0.225 e. The van der Waals surface area contributed by atoms with Crippen molar-refractivity contribution < 1.29 is 14.3 Å². The van der Waals surface area contributed by atoms with Crippen LogP contribution in [-0.2, 0) is 9.53 Å². The second-order valence-electron chi connectivity index (χ2n) is 6.08. The summed E-state index contributed by atoms with van der Waals surface area (Å²) in [4.78, 5) is 11.8. The molecule has 1 saturated heterocycles. The number of amides is 1. The topological polar surface area (TPSA) is 73.6 Å². The van der Waals surface area contributed by atoms with Gasteiger partial charge in [-0.05, 0) is 44.2 Å². The van der Waals surface area contributed by atoms with E-state index in [1.54, 1.807) is 0 Å². The molecule has 0 aliphatic carbocycles. The fourth-order valence-corrected chi connectivity index (χ4v) is 2.46. The van der Waals surface area contributed by atoms with Gasteiger partial charge in [0.15, 0.2) is 0 Å². The summed E-state index contributed by atoms with van der Waals surface area (Å²) < 4.78 is 11.3. The van der Waals surface area contributed by atoms with Crippen molar-refractivity contribution >= 4 is 11.6 Å². The number of benzene rings is 1. The highest BCUT2D eigenvalue weighted by Gasteiger charge is 2.15. The van der Waals surface area contributed by atoms with Gasteiger partial charge in [-0.25, -0.2) is 0 Å². The third kappa shape index (κ3) is 5.31. The molecule has 22 heavy (non-hydrogen) atoms. The third-order valence-corrected chi connectivity index (χ3v) is 3.79. The molecular weight excluding hydrogens is 280 g/mol. The molecule has 2 rings (SSSR count). The Labute approximate surface area is 132 Å². The summed E-state index contributed by atoms with van der Waals surface area (Å²) in [5.41, 5.74) is 7.45. The SMILES string of the molecule is Cc1ccc(NC(=O)CC(C)N)cc1OCC1CCOCC1. The first kappa shape index (κ1) is 16.8. The molecule has 5 nitrogen and oxygen atoms in total. The van der Waals surface area contributed by atoms with Gasteiger partial charge in [0.25, 0.3) is 0 Å². The van der Waals surface area contributed by atoms with E-state index in [0.29, 0.717) is 18.9 Å². The third-order valence-electron chi connectivity index (χ3n) is 3.79. The van der Waals surface area contributed by atoms with E-state index in [4.69, 9.17) is 15.2 Å². The van der Waals surface area contributed by atoms with E-state index < -0.39 is 0 Å². The Morgan fingerprint density at radius 2 is 2.18 bits per heavy atom. The lowest BCUT2D eigenvalue weighted by Crippen LogP contribution is -2.24. The molecule has 0 radical (unpaired) electrons. The number of nitrogens with two attached hydrogens (primary N) is 1. The molecule has 1 aliphatic heterocycles. The van der Waals surface area contributed by atoms with Crippen LogP contribution in [0.3, 0.4) is 0 Å². The molecule has 1 aromatic rings. The number of rotatable bonds is 6. The van der Waals surface area contributed by atoms with Crippen molar-refractivity contribution in [1.29, 1.82) is 0 Å². The van der Waals surface area contributed by atoms with E-state index in [0.717, 1.165) is 43.1 Å². The highest BCUT2D eigenvalue weighted by atomic mass is 16.5. The summed E-state index contributed by atoms with van der Waals surface area (Å²) in [6.07, 6.45) is 2.40. The lowest BCUT2D eigenvalue weighted by atomic mass is 10.0. The van der Waals surface area contributed by atoms with Crippen LogP contribution in [0, 0.1) is 12.8 Å². The number of aryl methyl sites for hydroxylation is 1. The van der Waals surface area contributed by atoms with Gasteiger partial charge in [-0.3, -0.25) is 4.79 Å². The van der Waals surface area contributed by atoms with Crippen molar-refractivity contribution in [3.05, 3.63) is 23.8 Å². The van der Waals surface area contributed by atoms with E-state index in [-0.39, 0.29) is 11.9 Å². The zero-order valence-corrected chi connectivity index (χ0v) is 13.4. The van der Waals surface area contributed by atoms with Gasteiger partial charge in [-0.2, -0.15) is 0 Å². The van der Waals surface area contributed by atoms with Gasteiger partial charge in [0.2, 0.25) is 5.91 Å². The number of carbonyl (C=O) groups excluding carboxylic acids is 1. The molecule has 122 valence electrons. The zero-order valence-electron chi connectivity index (χ0n) is 13.4. The Balaban J connectivity index is 1.92. The molecule has 0 bridgehead atoms. The first-order chi connectivity index (χ1) is 10.5. The molecule has 3 N–H and O–H groups in total. The molecule has 1 aromatic carbocycles. The van der Waals surface area contributed by atoms with Gasteiger partial charge >= 0.3 is 0 Å². The van der Waals surface area contributed by atoms with Gasteiger partial charge in [-0.15, -0.1) is 0 Å². The minimum Gasteiger partial charge on any atom is -0.493 e. The summed E-state index contributed by atoms with van der Waals surface area (Å²) in [5.74, 6) is 1.30. The molecule has 1 amide bonds.